The van der Waals surface area contributed by atoms with Crippen LogP contribution < -0.4 is 10.1 Å². The number of ether oxygens (including phenoxy) is 2. The Bertz CT molecular complexity index is 469. The summed E-state index contributed by atoms with van der Waals surface area (Å²) < 4.78 is 11.4. The minimum absolute atomic E-state index is 0.0461. The molecule has 0 aliphatic rings. The molecule has 0 spiro atoms. The van der Waals surface area contributed by atoms with Gasteiger partial charge in [0.2, 0.25) is 0 Å². The first-order valence-corrected chi connectivity index (χ1v) is 7.84. The lowest BCUT2D eigenvalue weighted by molar-refractivity contribution is -0.140. The summed E-state index contributed by atoms with van der Waals surface area (Å²) in [6.07, 6.45) is 1.03. The lowest BCUT2D eigenvalue weighted by Gasteiger charge is -2.22. The maximum absolute atomic E-state index is 11.1. The van der Waals surface area contributed by atoms with Gasteiger partial charge >= 0.3 is 5.97 Å². The van der Waals surface area contributed by atoms with Gasteiger partial charge in [0.25, 0.3) is 0 Å². The quantitative estimate of drug-likeness (QED) is 0.597. The van der Waals surface area contributed by atoms with Crippen LogP contribution in [0.15, 0.2) is 22.7 Å². The molecular weight excluding hydrogens is 334 g/mol. The molecule has 0 unspecified atom stereocenters. The van der Waals surface area contributed by atoms with Gasteiger partial charge in [0.1, 0.15) is 5.75 Å². The summed E-state index contributed by atoms with van der Waals surface area (Å²) in [5.41, 5.74) is 1.14. The van der Waals surface area contributed by atoms with E-state index < -0.39 is 0 Å². The van der Waals surface area contributed by atoms with Crippen molar-refractivity contribution in [1.29, 1.82) is 0 Å². The summed E-state index contributed by atoms with van der Waals surface area (Å²) in [5.74, 6) is 0.642. The maximum Gasteiger partial charge on any atom is 0.305 e. The molecule has 0 aliphatic heterocycles. The summed E-state index contributed by atoms with van der Waals surface area (Å²) in [6, 6.07) is 5.95. The van der Waals surface area contributed by atoms with Crippen molar-refractivity contribution >= 4 is 21.9 Å². The van der Waals surface area contributed by atoms with E-state index in [1.54, 1.807) is 0 Å². The third kappa shape index (κ3) is 7.48. The van der Waals surface area contributed by atoms with Crippen LogP contribution >= 0.6 is 15.9 Å². The van der Waals surface area contributed by atoms with Gasteiger partial charge in [0, 0.05) is 28.5 Å². The van der Waals surface area contributed by atoms with E-state index in [1.165, 1.54) is 7.11 Å². The average Bonchev–Trinajstić information content (AvgIpc) is 2.41. The van der Waals surface area contributed by atoms with Crippen molar-refractivity contribution in [3.63, 3.8) is 0 Å². The van der Waals surface area contributed by atoms with Crippen LogP contribution in [-0.2, 0) is 16.1 Å². The molecule has 4 nitrogen and oxygen atoms in total. The van der Waals surface area contributed by atoms with Gasteiger partial charge in [0.05, 0.1) is 13.7 Å². The van der Waals surface area contributed by atoms with Crippen molar-refractivity contribution < 1.29 is 14.3 Å². The number of carbonyl (C=O) groups excluding carboxylic acids is 1. The molecule has 21 heavy (non-hydrogen) atoms. The Balaban J connectivity index is 2.58. The van der Waals surface area contributed by atoms with Gasteiger partial charge in [0.15, 0.2) is 0 Å². The number of esters is 1. The zero-order valence-electron chi connectivity index (χ0n) is 13.2. The van der Waals surface area contributed by atoms with Crippen molar-refractivity contribution in [2.45, 2.75) is 45.7 Å². The van der Waals surface area contributed by atoms with E-state index in [2.05, 4.69) is 46.8 Å². The number of rotatable bonds is 7. The third-order valence-corrected chi connectivity index (χ3v) is 3.34. The molecule has 118 valence electrons. The molecule has 0 saturated carbocycles. The molecule has 0 radical (unpaired) electrons. The second-order valence-corrected chi connectivity index (χ2v) is 6.80. The Morgan fingerprint density at radius 3 is 2.67 bits per heavy atom. The van der Waals surface area contributed by atoms with Gasteiger partial charge in [-0.2, -0.15) is 0 Å². The minimum Gasteiger partial charge on any atom is -0.493 e. The highest BCUT2D eigenvalue weighted by Crippen LogP contribution is 2.24. The van der Waals surface area contributed by atoms with E-state index >= 15 is 0 Å². The highest BCUT2D eigenvalue weighted by atomic mass is 79.9. The topological polar surface area (TPSA) is 47.6 Å². The van der Waals surface area contributed by atoms with E-state index in [0.29, 0.717) is 19.4 Å². The van der Waals surface area contributed by atoms with Gasteiger partial charge in [-0.15, -0.1) is 0 Å². The lowest BCUT2D eigenvalue weighted by atomic mass is 10.1. The Labute approximate surface area is 135 Å². The summed E-state index contributed by atoms with van der Waals surface area (Å²) in [6.45, 7) is 7.61. The fraction of sp³-hybridized carbons (Fsp3) is 0.562. The number of methoxy groups -OCH3 is 1. The lowest BCUT2D eigenvalue weighted by Crippen LogP contribution is -2.35. The molecule has 0 saturated heterocycles. The third-order valence-electron chi connectivity index (χ3n) is 2.84. The Morgan fingerprint density at radius 1 is 1.33 bits per heavy atom. The van der Waals surface area contributed by atoms with Crippen molar-refractivity contribution in [3.05, 3.63) is 28.2 Å². The van der Waals surface area contributed by atoms with E-state index in [4.69, 9.17) is 4.74 Å². The second-order valence-electron chi connectivity index (χ2n) is 5.88. The average molecular weight is 358 g/mol. The second kappa shape index (κ2) is 8.39. The molecule has 5 heteroatoms. The van der Waals surface area contributed by atoms with E-state index in [0.717, 1.165) is 22.3 Å². The number of carbonyl (C=O) groups is 1. The Hall–Kier alpha value is -1.07. The Kier molecular flexibility index (Phi) is 7.18. The molecule has 1 aromatic carbocycles. The fourth-order valence-electron chi connectivity index (χ4n) is 1.69. The predicted octanol–water partition coefficient (Wildman–Crippen LogP) is 3.67. The number of hydrogen-bond donors (Lipinski definition) is 1. The highest BCUT2D eigenvalue weighted by molar-refractivity contribution is 9.10. The first-order valence-electron chi connectivity index (χ1n) is 7.05. The summed E-state index contributed by atoms with van der Waals surface area (Å²) in [7, 11) is 1.40. The zero-order chi connectivity index (χ0) is 15.9. The maximum atomic E-state index is 11.1. The van der Waals surface area contributed by atoms with Crippen LogP contribution in [0.4, 0.5) is 0 Å². The SMILES string of the molecule is COC(=O)CCCOc1ccc(Br)cc1CNC(C)(C)C. The van der Waals surface area contributed by atoms with Crippen LogP contribution in [-0.4, -0.2) is 25.2 Å². The van der Waals surface area contributed by atoms with E-state index in [1.807, 2.05) is 18.2 Å². The van der Waals surface area contributed by atoms with Crippen LogP contribution in [0.2, 0.25) is 0 Å². The fourth-order valence-corrected chi connectivity index (χ4v) is 2.10. The van der Waals surface area contributed by atoms with Gasteiger partial charge in [-0.1, -0.05) is 15.9 Å². The molecular formula is C16H24BrNO3. The van der Waals surface area contributed by atoms with Crippen LogP contribution in [0, 0.1) is 0 Å². The smallest absolute Gasteiger partial charge is 0.305 e. The molecule has 0 amide bonds. The van der Waals surface area contributed by atoms with Crippen molar-refractivity contribution in [2.75, 3.05) is 13.7 Å². The normalized spacial score (nSPS) is 11.3. The number of benzene rings is 1. The van der Waals surface area contributed by atoms with E-state index in [9.17, 15) is 4.79 Å². The Morgan fingerprint density at radius 2 is 2.05 bits per heavy atom. The van der Waals surface area contributed by atoms with Gasteiger partial charge in [-0.3, -0.25) is 4.79 Å². The number of halogens is 1. The highest BCUT2D eigenvalue weighted by Gasteiger charge is 2.11. The largest absolute Gasteiger partial charge is 0.493 e. The van der Waals surface area contributed by atoms with Crippen molar-refractivity contribution in [3.8, 4) is 5.75 Å². The molecule has 0 atom stereocenters. The molecule has 0 fully saturated rings. The summed E-state index contributed by atoms with van der Waals surface area (Å²) in [5, 5.41) is 3.45. The van der Waals surface area contributed by atoms with Gasteiger partial charge in [-0.05, 0) is 45.4 Å². The van der Waals surface area contributed by atoms with Gasteiger partial charge in [-0.25, -0.2) is 0 Å². The monoisotopic (exact) mass is 357 g/mol. The molecule has 0 bridgehead atoms. The van der Waals surface area contributed by atoms with Gasteiger partial charge < -0.3 is 14.8 Å². The minimum atomic E-state index is -0.205. The summed E-state index contributed by atoms with van der Waals surface area (Å²) >= 11 is 3.48. The molecule has 1 aromatic rings. The van der Waals surface area contributed by atoms with Crippen LogP contribution in [0.5, 0.6) is 5.75 Å². The first kappa shape index (κ1) is 18.0. The van der Waals surface area contributed by atoms with E-state index in [-0.39, 0.29) is 11.5 Å². The standard InChI is InChI=1S/C16H24BrNO3/c1-16(2,3)18-11-12-10-13(17)7-8-14(12)21-9-5-6-15(19)20-4/h7-8,10,18H,5-6,9,11H2,1-4H3. The number of hydrogen-bond acceptors (Lipinski definition) is 4. The molecule has 1 N–H and O–H groups in total. The molecule has 0 aliphatic carbocycles. The van der Waals surface area contributed by atoms with Crippen molar-refractivity contribution in [1.82, 2.24) is 5.32 Å². The molecule has 0 aromatic heterocycles. The number of nitrogens with one attached hydrogen (secondary N) is 1. The molecule has 0 heterocycles. The molecule has 1 rings (SSSR count). The first-order chi connectivity index (χ1) is 9.81. The predicted molar refractivity (Wildman–Crippen MR) is 87.5 cm³/mol. The zero-order valence-corrected chi connectivity index (χ0v) is 14.7. The summed E-state index contributed by atoms with van der Waals surface area (Å²) in [4.78, 5) is 11.1. The van der Waals surface area contributed by atoms with Crippen molar-refractivity contribution in [2.24, 2.45) is 0 Å². The van der Waals surface area contributed by atoms with Crippen LogP contribution in [0.1, 0.15) is 39.2 Å². The van der Waals surface area contributed by atoms with Crippen LogP contribution in [0.25, 0.3) is 0 Å². The van der Waals surface area contributed by atoms with Crippen LogP contribution in [0.3, 0.4) is 0 Å².